The molecule has 0 atom stereocenters. The third kappa shape index (κ3) is 3.31. The van der Waals surface area contributed by atoms with Crippen molar-refractivity contribution in [2.45, 2.75) is 6.92 Å². The molecular formula is C25H17ClN2O2. The molecule has 4 aromatic rings. The van der Waals surface area contributed by atoms with Crippen LogP contribution in [-0.2, 0) is 0 Å². The lowest BCUT2D eigenvalue weighted by molar-refractivity contribution is 0.101. The fourth-order valence-electron chi connectivity index (χ4n) is 3.44. The first-order valence-corrected chi connectivity index (χ1v) is 9.92. The van der Waals surface area contributed by atoms with Gasteiger partial charge in [-0.15, -0.1) is 0 Å². The van der Waals surface area contributed by atoms with E-state index in [2.05, 4.69) is 0 Å². The number of hydrogen-bond donors (Lipinski definition) is 0. The molecule has 0 saturated heterocycles. The third-order valence-corrected chi connectivity index (χ3v) is 5.24. The highest BCUT2D eigenvalue weighted by molar-refractivity contribution is 6.31. The van der Waals surface area contributed by atoms with E-state index in [9.17, 15) is 4.79 Å². The number of fused-ring (bicyclic) bond motifs is 1. The molecule has 0 saturated carbocycles. The minimum absolute atomic E-state index is 0.185. The minimum atomic E-state index is -0.185. The van der Waals surface area contributed by atoms with Crippen LogP contribution in [0, 0.1) is 6.92 Å². The van der Waals surface area contributed by atoms with Gasteiger partial charge in [-0.1, -0.05) is 59.6 Å². The van der Waals surface area contributed by atoms with Crippen LogP contribution < -0.4 is 4.74 Å². The lowest BCUT2D eigenvalue weighted by Crippen LogP contribution is -1.98. The van der Waals surface area contributed by atoms with Gasteiger partial charge in [-0.3, -0.25) is 4.79 Å². The first kappa shape index (κ1) is 18.4. The molecule has 0 spiro atoms. The smallest absolute Gasteiger partial charge is 0.232 e. The van der Waals surface area contributed by atoms with Crippen LogP contribution in [0.5, 0.6) is 5.75 Å². The van der Waals surface area contributed by atoms with Gasteiger partial charge < -0.3 is 4.74 Å². The van der Waals surface area contributed by atoms with E-state index in [1.807, 2.05) is 72.4 Å². The predicted molar refractivity (Wildman–Crippen MR) is 118 cm³/mol. The van der Waals surface area contributed by atoms with Gasteiger partial charge >= 0.3 is 0 Å². The number of carbonyl (C=O) groups excluding carboxylic acids is 1. The second kappa shape index (κ2) is 7.32. The summed E-state index contributed by atoms with van der Waals surface area (Å²) in [6.07, 6.45) is 3.65. The van der Waals surface area contributed by atoms with Gasteiger partial charge in [0.25, 0.3) is 0 Å². The molecule has 30 heavy (non-hydrogen) atoms. The van der Waals surface area contributed by atoms with Gasteiger partial charge in [-0.2, -0.15) is 5.10 Å². The summed E-state index contributed by atoms with van der Waals surface area (Å²) < 4.78 is 7.63. The Morgan fingerprint density at radius 2 is 1.77 bits per heavy atom. The van der Waals surface area contributed by atoms with Crippen LogP contribution in [0.4, 0.5) is 0 Å². The van der Waals surface area contributed by atoms with Gasteiger partial charge in [0, 0.05) is 22.3 Å². The van der Waals surface area contributed by atoms with Crippen molar-refractivity contribution < 1.29 is 9.53 Å². The van der Waals surface area contributed by atoms with Gasteiger partial charge in [0.05, 0.1) is 11.3 Å². The van der Waals surface area contributed by atoms with Gasteiger partial charge in [-0.25, -0.2) is 4.68 Å². The standard InChI is InChI=1S/C25H17ClN2O2/c1-16-7-9-17(10-8-16)24-18(15-28(27-24)20-5-3-2-4-6-20)13-23-25(29)21-14-19(26)11-12-22(21)30-23/h2-15H,1H3/b23-13-. The summed E-state index contributed by atoms with van der Waals surface area (Å²) in [5.74, 6) is 0.589. The Hall–Kier alpha value is -3.63. The van der Waals surface area contributed by atoms with Crippen molar-refractivity contribution in [3.63, 3.8) is 0 Å². The first-order chi connectivity index (χ1) is 14.6. The van der Waals surface area contributed by atoms with Crippen molar-refractivity contribution in [2.75, 3.05) is 0 Å². The van der Waals surface area contributed by atoms with Crippen LogP contribution >= 0.6 is 11.6 Å². The number of para-hydroxylation sites is 1. The van der Waals surface area contributed by atoms with Crippen LogP contribution in [0.2, 0.25) is 5.02 Å². The number of aromatic nitrogens is 2. The molecule has 5 heteroatoms. The number of allylic oxidation sites excluding steroid dienone is 1. The lowest BCUT2D eigenvalue weighted by Gasteiger charge is -2.01. The van der Waals surface area contributed by atoms with Gasteiger partial charge in [0.15, 0.2) is 5.76 Å². The molecule has 1 aliphatic rings. The minimum Gasteiger partial charge on any atom is -0.452 e. The molecule has 0 amide bonds. The molecule has 1 aliphatic heterocycles. The maximum atomic E-state index is 12.8. The van der Waals surface area contributed by atoms with E-state index in [4.69, 9.17) is 21.4 Å². The van der Waals surface area contributed by atoms with E-state index in [0.29, 0.717) is 16.3 Å². The highest BCUT2D eigenvalue weighted by atomic mass is 35.5. The summed E-state index contributed by atoms with van der Waals surface area (Å²) in [4.78, 5) is 12.8. The van der Waals surface area contributed by atoms with Crippen LogP contribution in [0.3, 0.4) is 0 Å². The van der Waals surface area contributed by atoms with Crippen LogP contribution in [0.15, 0.2) is 84.8 Å². The number of ketones is 1. The first-order valence-electron chi connectivity index (χ1n) is 9.54. The average molecular weight is 413 g/mol. The van der Waals surface area contributed by atoms with Crippen LogP contribution in [-0.4, -0.2) is 15.6 Å². The Bertz CT molecular complexity index is 1290. The molecule has 0 bridgehead atoms. The van der Waals surface area contributed by atoms with E-state index in [-0.39, 0.29) is 11.5 Å². The van der Waals surface area contributed by atoms with Crippen molar-refractivity contribution in [1.29, 1.82) is 0 Å². The monoisotopic (exact) mass is 412 g/mol. The number of aryl methyl sites for hydroxylation is 1. The summed E-state index contributed by atoms with van der Waals surface area (Å²) in [6, 6.07) is 23.1. The van der Waals surface area contributed by atoms with Crippen molar-refractivity contribution in [2.24, 2.45) is 0 Å². The molecule has 1 aromatic heterocycles. The zero-order valence-corrected chi connectivity index (χ0v) is 16.9. The molecule has 0 aliphatic carbocycles. The molecule has 5 rings (SSSR count). The van der Waals surface area contributed by atoms with E-state index in [1.54, 1.807) is 24.3 Å². The molecule has 146 valence electrons. The molecule has 3 aromatic carbocycles. The van der Waals surface area contributed by atoms with Gasteiger partial charge in [-0.05, 0) is 43.3 Å². The SMILES string of the molecule is Cc1ccc(-c2nn(-c3ccccc3)cc2/C=C2\Oc3ccc(Cl)cc3C2=O)cc1. The summed E-state index contributed by atoms with van der Waals surface area (Å²) >= 11 is 6.05. The second-order valence-corrected chi connectivity index (χ2v) is 7.60. The molecule has 0 fully saturated rings. The highest BCUT2D eigenvalue weighted by Gasteiger charge is 2.28. The Balaban J connectivity index is 1.62. The fraction of sp³-hybridized carbons (Fsp3) is 0.0400. The number of rotatable bonds is 3. The summed E-state index contributed by atoms with van der Waals surface area (Å²) in [6.45, 7) is 2.04. The number of halogens is 1. The average Bonchev–Trinajstić information content (AvgIpc) is 3.31. The lowest BCUT2D eigenvalue weighted by atomic mass is 10.0. The Morgan fingerprint density at radius 3 is 2.53 bits per heavy atom. The van der Waals surface area contributed by atoms with E-state index < -0.39 is 0 Å². The Labute approximate surface area is 179 Å². The highest BCUT2D eigenvalue weighted by Crippen LogP contribution is 2.35. The third-order valence-electron chi connectivity index (χ3n) is 5.00. The number of carbonyl (C=O) groups is 1. The largest absolute Gasteiger partial charge is 0.452 e. The van der Waals surface area contributed by atoms with E-state index in [0.717, 1.165) is 22.5 Å². The maximum Gasteiger partial charge on any atom is 0.232 e. The van der Waals surface area contributed by atoms with Crippen LogP contribution in [0.1, 0.15) is 21.5 Å². The molecule has 0 unspecified atom stereocenters. The topological polar surface area (TPSA) is 44.1 Å². The normalized spacial score (nSPS) is 14.1. The predicted octanol–water partition coefficient (Wildman–Crippen LogP) is 6.12. The van der Waals surface area contributed by atoms with Crippen molar-refractivity contribution >= 4 is 23.5 Å². The van der Waals surface area contributed by atoms with Crippen LogP contribution in [0.25, 0.3) is 23.0 Å². The van der Waals surface area contributed by atoms with E-state index >= 15 is 0 Å². The Kier molecular flexibility index (Phi) is 4.49. The van der Waals surface area contributed by atoms with E-state index in [1.165, 1.54) is 5.56 Å². The fourth-order valence-corrected chi connectivity index (χ4v) is 3.62. The molecule has 0 N–H and O–H groups in total. The number of nitrogens with zero attached hydrogens (tertiary/aromatic N) is 2. The zero-order chi connectivity index (χ0) is 20.7. The number of hydrogen-bond acceptors (Lipinski definition) is 3. The zero-order valence-electron chi connectivity index (χ0n) is 16.2. The van der Waals surface area contributed by atoms with Gasteiger partial charge in [0.2, 0.25) is 5.78 Å². The summed E-state index contributed by atoms with van der Waals surface area (Å²) in [5.41, 5.74) is 5.11. The summed E-state index contributed by atoms with van der Waals surface area (Å²) in [7, 11) is 0. The maximum absolute atomic E-state index is 12.8. The molecule has 2 heterocycles. The molecular weight excluding hydrogens is 396 g/mol. The molecule has 0 radical (unpaired) electrons. The second-order valence-electron chi connectivity index (χ2n) is 7.16. The summed E-state index contributed by atoms with van der Waals surface area (Å²) in [5, 5.41) is 5.30. The van der Waals surface area contributed by atoms with Crippen molar-refractivity contribution in [1.82, 2.24) is 9.78 Å². The Morgan fingerprint density at radius 1 is 1.00 bits per heavy atom. The number of benzene rings is 3. The van der Waals surface area contributed by atoms with Crippen molar-refractivity contribution in [3.8, 4) is 22.7 Å². The number of Topliss-reactive ketones (excluding diaryl/α,β-unsaturated/α-hetero) is 1. The molecule has 4 nitrogen and oxygen atoms in total. The quantitative estimate of drug-likeness (QED) is 0.381. The number of ether oxygens (including phenoxy) is 1. The van der Waals surface area contributed by atoms with Crippen molar-refractivity contribution in [3.05, 3.63) is 106 Å². The van der Waals surface area contributed by atoms with Gasteiger partial charge in [0.1, 0.15) is 11.4 Å².